The maximum Gasteiger partial charge on any atom is 0.497 e. The van der Waals surface area contributed by atoms with E-state index in [2.05, 4.69) is 26.8 Å². The maximum atomic E-state index is 8.80. The summed E-state index contributed by atoms with van der Waals surface area (Å²) in [7, 11) is -0.285. The van der Waals surface area contributed by atoms with E-state index in [1.54, 1.807) is 6.07 Å². The Morgan fingerprint density at radius 3 is 2.41 bits per heavy atom. The summed E-state index contributed by atoms with van der Waals surface area (Å²) in [6.07, 6.45) is -0.150. The van der Waals surface area contributed by atoms with Gasteiger partial charge in [0.05, 0.1) is 11.6 Å². The molecule has 0 aliphatic carbocycles. The molecule has 2 rings (SSSR count). The van der Waals surface area contributed by atoms with Crippen LogP contribution in [0.1, 0.15) is 31.9 Å². The van der Waals surface area contributed by atoms with Crippen LogP contribution in [0.15, 0.2) is 18.2 Å². The summed E-state index contributed by atoms with van der Waals surface area (Å²) >= 11 is 0. The second-order valence-corrected chi connectivity index (χ2v) is 5.49. The van der Waals surface area contributed by atoms with E-state index in [0.29, 0.717) is 5.56 Å². The van der Waals surface area contributed by atoms with Crippen molar-refractivity contribution in [3.63, 3.8) is 0 Å². The fourth-order valence-electron chi connectivity index (χ4n) is 1.80. The zero-order valence-corrected chi connectivity index (χ0v) is 10.7. The Kier molecular flexibility index (Phi) is 2.99. The zero-order chi connectivity index (χ0) is 12.6. The number of hydrogen-bond acceptors (Lipinski definition) is 3. The molecule has 17 heavy (non-hydrogen) atoms. The summed E-state index contributed by atoms with van der Waals surface area (Å²) < 4.78 is 11.5. The predicted octanol–water partition coefficient (Wildman–Crippen LogP) is 1.98. The molecule has 1 aromatic carbocycles. The van der Waals surface area contributed by atoms with Crippen LogP contribution in [-0.4, -0.2) is 13.4 Å². The van der Waals surface area contributed by atoms with Crippen LogP contribution in [0, 0.1) is 23.7 Å². The Hall–Kier alpha value is -1.31. The largest absolute Gasteiger partial charge is 0.497 e. The summed E-state index contributed by atoms with van der Waals surface area (Å²) in [6, 6.07) is 7.67. The molecule has 1 aliphatic heterocycles. The van der Waals surface area contributed by atoms with E-state index in [4.69, 9.17) is 14.6 Å². The molecule has 1 heterocycles. The van der Waals surface area contributed by atoms with Gasteiger partial charge in [0, 0.05) is 5.41 Å². The summed E-state index contributed by atoms with van der Waals surface area (Å²) in [5.74, 6) is 0. The standard InChI is InChI=1S/C13H16BNO2/c1-9-7-10(8-15)5-6-11(9)14-16-12(17-14)13(2,3)4/h5-7,12H,1-4H3. The van der Waals surface area contributed by atoms with Crippen molar-refractivity contribution in [2.24, 2.45) is 5.41 Å². The van der Waals surface area contributed by atoms with E-state index in [-0.39, 0.29) is 18.8 Å². The molecule has 1 aliphatic rings. The van der Waals surface area contributed by atoms with Crippen LogP contribution in [0.5, 0.6) is 0 Å². The molecule has 0 amide bonds. The van der Waals surface area contributed by atoms with Crippen LogP contribution in [0.25, 0.3) is 0 Å². The molecule has 4 heteroatoms. The van der Waals surface area contributed by atoms with Crippen molar-refractivity contribution < 1.29 is 9.31 Å². The number of aryl methyl sites for hydroxylation is 1. The van der Waals surface area contributed by atoms with E-state index in [9.17, 15) is 0 Å². The first-order valence-corrected chi connectivity index (χ1v) is 5.73. The fourth-order valence-corrected chi connectivity index (χ4v) is 1.80. The number of nitriles is 1. The van der Waals surface area contributed by atoms with Gasteiger partial charge in [-0.1, -0.05) is 32.4 Å². The normalized spacial score (nSPS) is 16.5. The number of rotatable bonds is 1. The molecule has 0 aromatic heterocycles. The third kappa shape index (κ3) is 2.36. The zero-order valence-electron chi connectivity index (χ0n) is 10.7. The number of benzene rings is 1. The van der Waals surface area contributed by atoms with Gasteiger partial charge in [-0.2, -0.15) is 5.26 Å². The SMILES string of the molecule is Cc1cc(C#N)ccc1B1OC(C(C)(C)C)O1. The molecule has 0 unspecified atom stereocenters. The molecule has 0 bridgehead atoms. The van der Waals surface area contributed by atoms with Crippen LogP contribution in [0.4, 0.5) is 0 Å². The van der Waals surface area contributed by atoms with Gasteiger partial charge in [-0.25, -0.2) is 0 Å². The van der Waals surface area contributed by atoms with E-state index >= 15 is 0 Å². The van der Waals surface area contributed by atoms with Crippen molar-refractivity contribution in [2.75, 3.05) is 0 Å². The first-order chi connectivity index (χ1) is 7.91. The van der Waals surface area contributed by atoms with Crippen molar-refractivity contribution >= 4 is 12.6 Å². The van der Waals surface area contributed by atoms with Gasteiger partial charge >= 0.3 is 7.12 Å². The third-order valence-corrected chi connectivity index (χ3v) is 2.85. The predicted molar refractivity (Wildman–Crippen MR) is 66.7 cm³/mol. The second-order valence-electron chi connectivity index (χ2n) is 5.49. The molecule has 3 nitrogen and oxygen atoms in total. The second kappa shape index (κ2) is 4.17. The van der Waals surface area contributed by atoms with Gasteiger partial charge in [-0.05, 0) is 24.5 Å². The Bertz CT molecular complexity index is 467. The highest BCUT2D eigenvalue weighted by atomic mass is 16.8. The van der Waals surface area contributed by atoms with Gasteiger partial charge in [0.2, 0.25) is 0 Å². The lowest BCUT2D eigenvalue weighted by Crippen LogP contribution is -2.58. The molecule has 88 valence electrons. The molecule has 1 saturated heterocycles. The lowest BCUT2D eigenvalue weighted by atomic mass is 9.71. The van der Waals surface area contributed by atoms with Gasteiger partial charge in [-0.3, -0.25) is 0 Å². The minimum atomic E-state index is -0.285. The summed E-state index contributed by atoms with van der Waals surface area (Å²) in [6.45, 7) is 8.21. The van der Waals surface area contributed by atoms with Crippen molar-refractivity contribution in [1.29, 1.82) is 5.26 Å². The molecular weight excluding hydrogens is 213 g/mol. The summed E-state index contributed by atoms with van der Waals surface area (Å²) in [5.41, 5.74) is 2.70. The van der Waals surface area contributed by atoms with Crippen molar-refractivity contribution in [3.8, 4) is 6.07 Å². The van der Waals surface area contributed by atoms with Gasteiger partial charge in [0.15, 0.2) is 0 Å². The fraction of sp³-hybridized carbons (Fsp3) is 0.462. The molecule has 0 N–H and O–H groups in total. The third-order valence-electron chi connectivity index (χ3n) is 2.85. The monoisotopic (exact) mass is 229 g/mol. The van der Waals surface area contributed by atoms with Crippen LogP contribution in [0.3, 0.4) is 0 Å². The average molecular weight is 229 g/mol. The Balaban J connectivity index is 2.10. The molecule has 0 radical (unpaired) electrons. The summed E-state index contributed by atoms with van der Waals surface area (Å²) in [4.78, 5) is 0. The van der Waals surface area contributed by atoms with E-state index < -0.39 is 0 Å². The van der Waals surface area contributed by atoms with Crippen LogP contribution >= 0.6 is 0 Å². The van der Waals surface area contributed by atoms with Crippen molar-refractivity contribution in [1.82, 2.24) is 0 Å². The van der Waals surface area contributed by atoms with Crippen molar-refractivity contribution in [3.05, 3.63) is 29.3 Å². The Morgan fingerprint density at radius 2 is 1.94 bits per heavy atom. The first kappa shape index (κ1) is 12.2. The highest BCUT2D eigenvalue weighted by molar-refractivity contribution is 6.63. The highest BCUT2D eigenvalue weighted by Gasteiger charge is 2.44. The van der Waals surface area contributed by atoms with Gasteiger partial charge in [0.1, 0.15) is 6.29 Å². The quantitative estimate of drug-likeness (QED) is 0.691. The molecule has 0 atom stereocenters. The average Bonchev–Trinajstić information content (AvgIpc) is 2.16. The lowest BCUT2D eigenvalue weighted by molar-refractivity contribution is -0.167. The molecule has 1 fully saturated rings. The van der Waals surface area contributed by atoms with Crippen LogP contribution < -0.4 is 5.46 Å². The number of hydrogen-bond donors (Lipinski definition) is 0. The van der Waals surface area contributed by atoms with Gasteiger partial charge in [0.25, 0.3) is 0 Å². The van der Waals surface area contributed by atoms with Gasteiger partial charge < -0.3 is 9.31 Å². The van der Waals surface area contributed by atoms with E-state index in [1.165, 1.54) is 0 Å². The van der Waals surface area contributed by atoms with E-state index in [0.717, 1.165) is 11.0 Å². The minimum absolute atomic E-state index is 0.00298. The van der Waals surface area contributed by atoms with Crippen molar-refractivity contribution in [2.45, 2.75) is 34.0 Å². The minimum Gasteiger partial charge on any atom is -0.382 e. The molecule has 0 saturated carbocycles. The molecular formula is C13H16BNO2. The smallest absolute Gasteiger partial charge is 0.382 e. The lowest BCUT2D eigenvalue weighted by Gasteiger charge is -2.42. The number of nitrogens with zero attached hydrogens (tertiary/aromatic N) is 1. The van der Waals surface area contributed by atoms with Gasteiger partial charge in [-0.15, -0.1) is 0 Å². The van der Waals surface area contributed by atoms with Crippen LogP contribution in [0.2, 0.25) is 0 Å². The first-order valence-electron chi connectivity index (χ1n) is 5.73. The molecule has 1 aromatic rings. The Morgan fingerprint density at radius 1 is 1.29 bits per heavy atom. The summed E-state index contributed by atoms with van der Waals surface area (Å²) in [5, 5.41) is 8.80. The Labute approximate surface area is 102 Å². The maximum absolute atomic E-state index is 8.80. The highest BCUT2D eigenvalue weighted by Crippen LogP contribution is 2.30. The van der Waals surface area contributed by atoms with E-state index in [1.807, 2.05) is 19.1 Å². The van der Waals surface area contributed by atoms with Crippen LogP contribution in [-0.2, 0) is 9.31 Å². The topological polar surface area (TPSA) is 42.2 Å². The molecule has 0 spiro atoms.